The fourth-order valence-electron chi connectivity index (χ4n) is 1.55. The molecule has 0 aliphatic rings. The topological polar surface area (TPSA) is 24.4 Å². The minimum absolute atomic E-state index is 0.228. The van der Waals surface area contributed by atoms with Crippen LogP contribution >= 0.6 is 23.2 Å². The lowest BCUT2D eigenvalue weighted by molar-refractivity contribution is -0.137. The van der Waals surface area contributed by atoms with E-state index in [2.05, 4.69) is 10.5 Å². The van der Waals surface area contributed by atoms with E-state index in [0.717, 1.165) is 12.1 Å². The van der Waals surface area contributed by atoms with Crippen LogP contribution in [0.4, 0.5) is 18.9 Å². The number of hydrogen-bond acceptors (Lipinski definition) is 2. The van der Waals surface area contributed by atoms with Crippen LogP contribution in [0, 0.1) is 0 Å². The zero-order valence-corrected chi connectivity index (χ0v) is 12.0. The van der Waals surface area contributed by atoms with Gasteiger partial charge >= 0.3 is 6.18 Å². The predicted octanol–water partition coefficient (Wildman–Crippen LogP) is 5.46. The van der Waals surface area contributed by atoms with Crippen molar-refractivity contribution >= 4 is 35.1 Å². The van der Waals surface area contributed by atoms with Gasteiger partial charge in [-0.1, -0.05) is 35.3 Å². The van der Waals surface area contributed by atoms with Crippen molar-refractivity contribution in [2.24, 2.45) is 5.10 Å². The van der Waals surface area contributed by atoms with Crippen LogP contribution < -0.4 is 5.43 Å². The third kappa shape index (κ3) is 4.37. The van der Waals surface area contributed by atoms with Gasteiger partial charge in [0.05, 0.1) is 22.5 Å². The fourth-order valence-corrected chi connectivity index (χ4v) is 2.00. The van der Waals surface area contributed by atoms with Crippen LogP contribution in [0.3, 0.4) is 0 Å². The molecule has 2 aromatic rings. The maximum atomic E-state index is 12.5. The van der Waals surface area contributed by atoms with E-state index in [4.69, 9.17) is 23.2 Å². The van der Waals surface area contributed by atoms with Gasteiger partial charge in [-0.25, -0.2) is 0 Å². The van der Waals surface area contributed by atoms with Crippen molar-refractivity contribution in [1.29, 1.82) is 0 Å². The number of hydrazone groups is 1. The lowest BCUT2D eigenvalue weighted by Gasteiger charge is -2.08. The Morgan fingerprint density at radius 3 is 2.48 bits per heavy atom. The van der Waals surface area contributed by atoms with E-state index in [1.54, 1.807) is 18.2 Å². The van der Waals surface area contributed by atoms with Gasteiger partial charge in [-0.3, -0.25) is 5.43 Å². The summed E-state index contributed by atoms with van der Waals surface area (Å²) in [5, 5.41) is 4.74. The van der Waals surface area contributed by atoms with E-state index in [-0.39, 0.29) is 5.69 Å². The number of halogens is 5. The summed E-state index contributed by atoms with van der Waals surface area (Å²) in [7, 11) is 0. The average Bonchev–Trinajstić information content (AvgIpc) is 2.41. The molecular weight excluding hydrogens is 324 g/mol. The molecule has 21 heavy (non-hydrogen) atoms. The second kappa shape index (κ2) is 6.37. The maximum Gasteiger partial charge on any atom is 0.416 e. The van der Waals surface area contributed by atoms with Crippen molar-refractivity contribution in [3.63, 3.8) is 0 Å². The highest BCUT2D eigenvalue weighted by Crippen LogP contribution is 2.30. The van der Waals surface area contributed by atoms with Crippen LogP contribution in [0.25, 0.3) is 0 Å². The SMILES string of the molecule is FC(F)(F)c1cccc(N/N=C/c2ccc(Cl)cc2Cl)c1. The molecule has 7 heteroatoms. The molecule has 0 spiro atoms. The first kappa shape index (κ1) is 15.7. The van der Waals surface area contributed by atoms with E-state index < -0.39 is 11.7 Å². The fraction of sp³-hybridized carbons (Fsp3) is 0.0714. The van der Waals surface area contributed by atoms with Gasteiger partial charge in [-0.05, 0) is 30.3 Å². The lowest BCUT2D eigenvalue weighted by atomic mass is 10.2. The Kier molecular flexibility index (Phi) is 4.75. The second-order valence-corrected chi connectivity index (χ2v) is 4.96. The Balaban J connectivity index is 2.11. The molecule has 0 heterocycles. The van der Waals surface area contributed by atoms with Crippen LogP contribution in [-0.4, -0.2) is 6.21 Å². The first-order chi connectivity index (χ1) is 9.86. The van der Waals surface area contributed by atoms with Gasteiger partial charge < -0.3 is 0 Å². The summed E-state index contributed by atoms with van der Waals surface area (Å²) in [5.41, 5.74) is 2.61. The number of nitrogens with zero attached hydrogens (tertiary/aromatic N) is 1. The van der Waals surface area contributed by atoms with Gasteiger partial charge in [0.15, 0.2) is 0 Å². The Morgan fingerprint density at radius 1 is 1.05 bits per heavy atom. The zero-order chi connectivity index (χ0) is 15.5. The van der Waals surface area contributed by atoms with E-state index in [0.29, 0.717) is 15.6 Å². The molecule has 1 N–H and O–H groups in total. The van der Waals surface area contributed by atoms with Gasteiger partial charge in [0, 0.05) is 10.6 Å². The quantitative estimate of drug-likeness (QED) is 0.585. The van der Waals surface area contributed by atoms with Gasteiger partial charge in [0.25, 0.3) is 0 Å². The second-order valence-electron chi connectivity index (χ2n) is 4.11. The van der Waals surface area contributed by atoms with Crippen LogP contribution in [0.15, 0.2) is 47.6 Å². The van der Waals surface area contributed by atoms with Crippen molar-refractivity contribution in [1.82, 2.24) is 0 Å². The molecule has 2 rings (SSSR count). The molecule has 110 valence electrons. The van der Waals surface area contributed by atoms with E-state index in [1.165, 1.54) is 18.3 Å². The van der Waals surface area contributed by atoms with Crippen molar-refractivity contribution < 1.29 is 13.2 Å². The molecule has 0 aliphatic carbocycles. The molecule has 0 unspecified atom stereocenters. The molecule has 0 saturated heterocycles. The number of hydrogen-bond donors (Lipinski definition) is 1. The third-order valence-electron chi connectivity index (χ3n) is 2.55. The van der Waals surface area contributed by atoms with Crippen molar-refractivity contribution in [2.45, 2.75) is 6.18 Å². The third-order valence-corrected chi connectivity index (χ3v) is 3.11. The molecule has 0 bridgehead atoms. The maximum absolute atomic E-state index is 12.5. The largest absolute Gasteiger partial charge is 0.416 e. The van der Waals surface area contributed by atoms with Crippen LogP contribution in [0.1, 0.15) is 11.1 Å². The summed E-state index contributed by atoms with van der Waals surface area (Å²) in [6, 6.07) is 9.59. The molecular formula is C14H9Cl2F3N2. The Morgan fingerprint density at radius 2 is 1.81 bits per heavy atom. The van der Waals surface area contributed by atoms with Crippen LogP contribution in [-0.2, 0) is 6.18 Å². The number of rotatable bonds is 3. The van der Waals surface area contributed by atoms with Crippen molar-refractivity contribution in [3.8, 4) is 0 Å². The smallest absolute Gasteiger partial charge is 0.278 e. The Labute approximate surface area is 129 Å². The first-order valence-electron chi connectivity index (χ1n) is 5.77. The highest BCUT2D eigenvalue weighted by Gasteiger charge is 2.30. The molecule has 0 amide bonds. The van der Waals surface area contributed by atoms with E-state index >= 15 is 0 Å². The summed E-state index contributed by atoms with van der Waals surface area (Å²) < 4.78 is 37.6. The average molecular weight is 333 g/mol. The standard InChI is InChI=1S/C14H9Cl2F3N2/c15-11-5-4-9(13(16)7-11)8-20-21-12-3-1-2-10(6-12)14(17,18)19/h1-8,21H/b20-8+. The minimum atomic E-state index is -4.39. The van der Waals surface area contributed by atoms with Gasteiger partial charge in [0.1, 0.15) is 0 Å². The minimum Gasteiger partial charge on any atom is -0.278 e. The van der Waals surface area contributed by atoms with Gasteiger partial charge in [-0.2, -0.15) is 18.3 Å². The number of alkyl halides is 3. The molecule has 0 atom stereocenters. The van der Waals surface area contributed by atoms with E-state index in [1.807, 2.05) is 0 Å². The molecule has 0 saturated carbocycles. The normalized spacial score (nSPS) is 11.9. The zero-order valence-electron chi connectivity index (χ0n) is 10.5. The summed E-state index contributed by atoms with van der Waals surface area (Å²) in [6.07, 6.45) is -2.99. The predicted molar refractivity (Wildman–Crippen MR) is 79.1 cm³/mol. The summed E-state index contributed by atoms with van der Waals surface area (Å²) >= 11 is 11.7. The highest BCUT2D eigenvalue weighted by molar-refractivity contribution is 6.36. The lowest BCUT2D eigenvalue weighted by Crippen LogP contribution is -2.05. The monoisotopic (exact) mass is 332 g/mol. The first-order valence-corrected chi connectivity index (χ1v) is 6.53. The summed E-state index contributed by atoms with van der Waals surface area (Å²) in [6.45, 7) is 0. The van der Waals surface area contributed by atoms with Gasteiger partial charge in [0.2, 0.25) is 0 Å². The Bertz CT molecular complexity index is 670. The molecule has 0 aromatic heterocycles. The van der Waals surface area contributed by atoms with Crippen LogP contribution in [0.5, 0.6) is 0 Å². The molecule has 0 fully saturated rings. The molecule has 2 aromatic carbocycles. The summed E-state index contributed by atoms with van der Waals surface area (Å²) in [5.74, 6) is 0. The summed E-state index contributed by atoms with van der Waals surface area (Å²) in [4.78, 5) is 0. The van der Waals surface area contributed by atoms with Crippen LogP contribution in [0.2, 0.25) is 10.0 Å². The number of nitrogens with one attached hydrogen (secondary N) is 1. The van der Waals surface area contributed by atoms with E-state index in [9.17, 15) is 13.2 Å². The van der Waals surface area contributed by atoms with Crippen molar-refractivity contribution in [2.75, 3.05) is 5.43 Å². The number of benzene rings is 2. The highest BCUT2D eigenvalue weighted by atomic mass is 35.5. The number of anilines is 1. The molecule has 2 nitrogen and oxygen atoms in total. The Hall–Kier alpha value is -1.72. The van der Waals surface area contributed by atoms with Gasteiger partial charge in [-0.15, -0.1) is 0 Å². The molecule has 0 aliphatic heterocycles. The van der Waals surface area contributed by atoms with Crippen molar-refractivity contribution in [3.05, 3.63) is 63.6 Å². The molecule has 0 radical (unpaired) electrons.